The van der Waals surface area contributed by atoms with Crippen LogP contribution in [0.15, 0.2) is 79.0 Å². The molecule has 0 spiro atoms. The summed E-state index contributed by atoms with van der Waals surface area (Å²) in [7, 11) is 0. The van der Waals surface area contributed by atoms with Gasteiger partial charge in [-0.3, -0.25) is 10.1 Å². The average molecular weight is 354 g/mol. The molecule has 6 heteroatoms. The number of aromatic amines is 1. The van der Waals surface area contributed by atoms with E-state index in [0.29, 0.717) is 0 Å². The first kappa shape index (κ1) is 15.3. The predicted molar refractivity (Wildman–Crippen MR) is 105 cm³/mol. The highest BCUT2D eigenvalue weighted by atomic mass is 16.6. The van der Waals surface area contributed by atoms with Crippen LogP contribution in [0.2, 0.25) is 0 Å². The number of hydrogen-bond acceptors (Lipinski definition) is 3. The highest BCUT2D eigenvalue weighted by Crippen LogP contribution is 2.35. The van der Waals surface area contributed by atoms with Crippen LogP contribution < -0.4 is 0 Å². The van der Waals surface area contributed by atoms with Gasteiger partial charge in [-0.05, 0) is 48.0 Å². The SMILES string of the molecule is O=[N+]([O-])c1ccc(-c2c(-c3nc4ccccc4[nH]3)cc3ccccn23)cc1. The van der Waals surface area contributed by atoms with E-state index in [2.05, 4.69) is 15.5 Å². The molecule has 0 fully saturated rings. The van der Waals surface area contributed by atoms with Crippen molar-refractivity contribution in [2.75, 3.05) is 0 Å². The Morgan fingerprint density at radius 2 is 1.74 bits per heavy atom. The summed E-state index contributed by atoms with van der Waals surface area (Å²) in [5.74, 6) is 0.772. The molecule has 0 aliphatic heterocycles. The minimum atomic E-state index is -0.389. The normalized spacial score (nSPS) is 11.3. The number of benzene rings is 2. The first-order valence-corrected chi connectivity index (χ1v) is 8.51. The molecule has 0 saturated heterocycles. The van der Waals surface area contributed by atoms with Crippen molar-refractivity contribution in [3.8, 4) is 22.6 Å². The standard InChI is InChI=1S/C21H14N4O2/c26-25(27)15-10-8-14(9-11-15)20-17(13-16-5-3-4-12-24(16)20)21-22-18-6-1-2-7-19(18)23-21/h1-13H,(H,22,23). The lowest BCUT2D eigenvalue weighted by Crippen LogP contribution is -1.91. The van der Waals surface area contributed by atoms with Gasteiger partial charge < -0.3 is 9.38 Å². The van der Waals surface area contributed by atoms with Crippen molar-refractivity contribution >= 4 is 22.2 Å². The van der Waals surface area contributed by atoms with Gasteiger partial charge in [0, 0.05) is 29.4 Å². The Hall–Kier alpha value is -3.93. The molecular weight excluding hydrogens is 340 g/mol. The number of H-pyrrole nitrogens is 1. The quantitative estimate of drug-likeness (QED) is 0.363. The van der Waals surface area contributed by atoms with Gasteiger partial charge in [0.05, 0.1) is 21.7 Å². The zero-order chi connectivity index (χ0) is 18.4. The molecule has 0 atom stereocenters. The monoisotopic (exact) mass is 354 g/mol. The number of para-hydroxylation sites is 2. The Labute approximate surface area is 153 Å². The minimum Gasteiger partial charge on any atom is -0.338 e. The Bertz CT molecular complexity index is 1270. The van der Waals surface area contributed by atoms with Crippen molar-refractivity contribution in [2.24, 2.45) is 0 Å². The number of non-ortho nitro benzene ring substituents is 1. The molecule has 0 aliphatic rings. The third-order valence-electron chi connectivity index (χ3n) is 4.68. The van der Waals surface area contributed by atoms with Crippen molar-refractivity contribution in [1.82, 2.24) is 14.4 Å². The molecule has 0 saturated carbocycles. The molecule has 0 amide bonds. The molecule has 1 N–H and O–H groups in total. The van der Waals surface area contributed by atoms with E-state index < -0.39 is 0 Å². The van der Waals surface area contributed by atoms with Crippen molar-refractivity contribution in [1.29, 1.82) is 0 Å². The van der Waals surface area contributed by atoms with Crippen molar-refractivity contribution < 1.29 is 4.92 Å². The fourth-order valence-electron chi connectivity index (χ4n) is 3.42. The smallest absolute Gasteiger partial charge is 0.269 e. The van der Waals surface area contributed by atoms with Gasteiger partial charge in [-0.15, -0.1) is 0 Å². The fourth-order valence-corrected chi connectivity index (χ4v) is 3.42. The van der Waals surface area contributed by atoms with E-state index in [1.165, 1.54) is 12.1 Å². The van der Waals surface area contributed by atoms with Gasteiger partial charge in [0.25, 0.3) is 5.69 Å². The van der Waals surface area contributed by atoms with Crippen LogP contribution in [-0.2, 0) is 0 Å². The molecule has 0 unspecified atom stereocenters. The summed E-state index contributed by atoms with van der Waals surface area (Å²) < 4.78 is 2.07. The van der Waals surface area contributed by atoms with Crippen LogP contribution in [0, 0.1) is 10.1 Å². The maximum Gasteiger partial charge on any atom is 0.269 e. The molecule has 5 rings (SSSR count). The second kappa shape index (κ2) is 5.81. The number of nitro groups is 1. The summed E-state index contributed by atoms with van der Waals surface area (Å²) in [6.07, 6.45) is 1.98. The van der Waals surface area contributed by atoms with E-state index in [-0.39, 0.29) is 10.6 Å². The molecule has 130 valence electrons. The molecule has 5 aromatic rings. The molecule has 0 radical (unpaired) electrons. The zero-order valence-electron chi connectivity index (χ0n) is 14.2. The number of nitrogens with zero attached hydrogens (tertiary/aromatic N) is 3. The summed E-state index contributed by atoms with van der Waals surface area (Å²) >= 11 is 0. The molecular formula is C21H14N4O2. The van der Waals surface area contributed by atoms with Crippen LogP contribution in [0.5, 0.6) is 0 Å². The fraction of sp³-hybridized carbons (Fsp3) is 0. The maximum absolute atomic E-state index is 11.0. The molecule has 3 aromatic heterocycles. The number of fused-ring (bicyclic) bond motifs is 2. The van der Waals surface area contributed by atoms with E-state index in [1.54, 1.807) is 12.1 Å². The summed E-state index contributed by atoms with van der Waals surface area (Å²) in [5, 5.41) is 11.0. The van der Waals surface area contributed by atoms with Crippen molar-refractivity contribution in [3.05, 3.63) is 89.1 Å². The van der Waals surface area contributed by atoms with E-state index in [0.717, 1.165) is 39.2 Å². The average Bonchev–Trinajstić information content (AvgIpc) is 3.29. The Morgan fingerprint density at radius 1 is 0.963 bits per heavy atom. The van der Waals surface area contributed by atoms with E-state index in [9.17, 15) is 10.1 Å². The maximum atomic E-state index is 11.0. The topological polar surface area (TPSA) is 76.2 Å². The van der Waals surface area contributed by atoms with Gasteiger partial charge in [-0.25, -0.2) is 4.98 Å². The van der Waals surface area contributed by atoms with Crippen LogP contribution in [-0.4, -0.2) is 19.3 Å². The van der Waals surface area contributed by atoms with Gasteiger partial charge in [-0.2, -0.15) is 0 Å². The van der Waals surface area contributed by atoms with Gasteiger partial charge in [0.2, 0.25) is 0 Å². The second-order valence-electron chi connectivity index (χ2n) is 6.31. The summed E-state index contributed by atoms with van der Waals surface area (Å²) in [5.41, 5.74) is 5.76. The first-order valence-electron chi connectivity index (χ1n) is 8.51. The predicted octanol–water partition coefficient (Wildman–Crippen LogP) is 5.06. The molecule has 2 aromatic carbocycles. The highest BCUT2D eigenvalue weighted by Gasteiger charge is 2.17. The van der Waals surface area contributed by atoms with Crippen molar-refractivity contribution in [2.45, 2.75) is 0 Å². The lowest BCUT2D eigenvalue weighted by atomic mass is 10.1. The number of pyridine rings is 1. The van der Waals surface area contributed by atoms with Gasteiger partial charge in [0.1, 0.15) is 5.82 Å². The molecule has 3 heterocycles. The number of hydrogen-bond donors (Lipinski definition) is 1. The first-order chi connectivity index (χ1) is 13.2. The number of aromatic nitrogens is 3. The van der Waals surface area contributed by atoms with E-state index in [4.69, 9.17) is 4.98 Å². The molecule has 6 nitrogen and oxygen atoms in total. The van der Waals surface area contributed by atoms with Crippen LogP contribution in [0.3, 0.4) is 0 Å². The largest absolute Gasteiger partial charge is 0.338 e. The summed E-state index contributed by atoms with van der Waals surface area (Å²) in [4.78, 5) is 18.7. The highest BCUT2D eigenvalue weighted by molar-refractivity contribution is 5.88. The molecule has 0 aliphatic carbocycles. The lowest BCUT2D eigenvalue weighted by molar-refractivity contribution is -0.384. The third-order valence-corrected chi connectivity index (χ3v) is 4.68. The Morgan fingerprint density at radius 3 is 2.52 bits per heavy atom. The van der Waals surface area contributed by atoms with Crippen LogP contribution in [0.1, 0.15) is 0 Å². The zero-order valence-corrected chi connectivity index (χ0v) is 14.2. The van der Waals surface area contributed by atoms with Crippen molar-refractivity contribution in [3.63, 3.8) is 0 Å². The summed E-state index contributed by atoms with van der Waals surface area (Å²) in [6.45, 7) is 0. The van der Waals surface area contributed by atoms with Gasteiger partial charge in [-0.1, -0.05) is 18.2 Å². The van der Waals surface area contributed by atoms with Crippen LogP contribution in [0.4, 0.5) is 5.69 Å². The number of nitrogens with one attached hydrogen (secondary N) is 1. The minimum absolute atomic E-state index is 0.0740. The Balaban J connectivity index is 1.77. The Kier molecular flexibility index (Phi) is 3.30. The third kappa shape index (κ3) is 2.46. The van der Waals surface area contributed by atoms with E-state index in [1.807, 2.05) is 48.7 Å². The van der Waals surface area contributed by atoms with Gasteiger partial charge in [0.15, 0.2) is 0 Å². The number of nitro benzene ring substituents is 1. The summed E-state index contributed by atoms with van der Waals surface area (Å²) in [6, 6.07) is 22.6. The number of imidazole rings is 1. The second-order valence-corrected chi connectivity index (χ2v) is 6.31. The van der Waals surface area contributed by atoms with Crippen LogP contribution >= 0.6 is 0 Å². The lowest BCUT2D eigenvalue weighted by Gasteiger charge is -2.06. The molecule has 0 bridgehead atoms. The molecule has 27 heavy (non-hydrogen) atoms. The van der Waals surface area contributed by atoms with E-state index >= 15 is 0 Å². The van der Waals surface area contributed by atoms with Crippen LogP contribution in [0.25, 0.3) is 39.2 Å². The number of rotatable bonds is 3. The van der Waals surface area contributed by atoms with Gasteiger partial charge >= 0.3 is 0 Å².